The quantitative estimate of drug-likeness (QED) is 0.280. The predicted molar refractivity (Wildman–Crippen MR) is 91.0 cm³/mol. The standard InChI is InChI=1S/C20H28O4/c1-2-19(21)23-10-5-3-4-9-20(22)24-13-15-11-14-12-18(15)17-8-6-7-16(14)17/h2,6-7,14-18H,1,3-5,8-13H2. The summed E-state index contributed by atoms with van der Waals surface area (Å²) in [5.74, 6) is 3.35. The van der Waals surface area contributed by atoms with E-state index in [1.807, 2.05) is 0 Å². The van der Waals surface area contributed by atoms with Crippen LogP contribution in [-0.4, -0.2) is 25.2 Å². The molecular formula is C20H28O4. The topological polar surface area (TPSA) is 52.6 Å². The van der Waals surface area contributed by atoms with Gasteiger partial charge in [-0.15, -0.1) is 0 Å². The van der Waals surface area contributed by atoms with Crippen molar-refractivity contribution in [3.63, 3.8) is 0 Å². The van der Waals surface area contributed by atoms with Gasteiger partial charge in [0.1, 0.15) is 0 Å². The number of esters is 2. The summed E-state index contributed by atoms with van der Waals surface area (Å²) >= 11 is 0. The fourth-order valence-corrected chi connectivity index (χ4v) is 4.94. The minimum absolute atomic E-state index is 0.0815. The Morgan fingerprint density at radius 2 is 2.00 bits per heavy atom. The molecule has 0 aromatic rings. The van der Waals surface area contributed by atoms with Crippen molar-refractivity contribution in [2.45, 2.75) is 44.9 Å². The van der Waals surface area contributed by atoms with Crippen LogP contribution < -0.4 is 0 Å². The molecule has 3 aliphatic carbocycles. The van der Waals surface area contributed by atoms with Crippen molar-refractivity contribution in [1.29, 1.82) is 0 Å². The van der Waals surface area contributed by atoms with Gasteiger partial charge in [-0.2, -0.15) is 0 Å². The number of rotatable bonds is 9. The first-order valence-electron chi connectivity index (χ1n) is 9.30. The molecule has 4 nitrogen and oxygen atoms in total. The second kappa shape index (κ2) is 8.00. The van der Waals surface area contributed by atoms with E-state index in [1.165, 1.54) is 19.3 Å². The van der Waals surface area contributed by atoms with E-state index in [1.54, 1.807) is 0 Å². The van der Waals surface area contributed by atoms with Crippen molar-refractivity contribution in [1.82, 2.24) is 0 Å². The molecule has 0 aromatic carbocycles. The van der Waals surface area contributed by atoms with Crippen molar-refractivity contribution in [2.75, 3.05) is 13.2 Å². The molecule has 2 bridgehead atoms. The third-order valence-electron chi connectivity index (χ3n) is 6.04. The van der Waals surface area contributed by atoms with Gasteiger partial charge in [0.15, 0.2) is 0 Å². The van der Waals surface area contributed by atoms with Gasteiger partial charge < -0.3 is 9.47 Å². The van der Waals surface area contributed by atoms with E-state index in [4.69, 9.17) is 9.47 Å². The van der Waals surface area contributed by atoms with Crippen molar-refractivity contribution in [3.8, 4) is 0 Å². The molecule has 0 radical (unpaired) electrons. The van der Waals surface area contributed by atoms with E-state index >= 15 is 0 Å². The monoisotopic (exact) mass is 332 g/mol. The van der Waals surface area contributed by atoms with Gasteiger partial charge in [0.05, 0.1) is 13.2 Å². The minimum atomic E-state index is -0.389. The van der Waals surface area contributed by atoms with Gasteiger partial charge >= 0.3 is 11.9 Å². The molecule has 0 amide bonds. The van der Waals surface area contributed by atoms with Crippen molar-refractivity contribution >= 4 is 11.9 Å². The Morgan fingerprint density at radius 1 is 1.12 bits per heavy atom. The Hall–Kier alpha value is -1.58. The van der Waals surface area contributed by atoms with Gasteiger partial charge in [-0.3, -0.25) is 4.79 Å². The molecule has 0 aliphatic heterocycles. The molecule has 0 saturated heterocycles. The highest BCUT2D eigenvalue weighted by atomic mass is 16.5. The summed E-state index contributed by atoms with van der Waals surface area (Å²) in [7, 11) is 0. The van der Waals surface area contributed by atoms with E-state index in [0.717, 1.165) is 49.0 Å². The number of allylic oxidation sites excluding steroid dienone is 2. The van der Waals surface area contributed by atoms with Crippen LogP contribution in [-0.2, 0) is 19.1 Å². The molecule has 3 aliphatic rings. The fourth-order valence-electron chi connectivity index (χ4n) is 4.94. The van der Waals surface area contributed by atoms with Crippen molar-refractivity contribution in [3.05, 3.63) is 24.8 Å². The van der Waals surface area contributed by atoms with E-state index in [2.05, 4.69) is 18.7 Å². The highest BCUT2D eigenvalue weighted by molar-refractivity contribution is 5.81. The fraction of sp³-hybridized carbons (Fsp3) is 0.700. The summed E-state index contributed by atoms with van der Waals surface area (Å²) in [6.45, 7) is 4.35. The van der Waals surface area contributed by atoms with Crippen LogP contribution in [0.15, 0.2) is 24.8 Å². The van der Waals surface area contributed by atoms with Gasteiger partial charge in [0.25, 0.3) is 0 Å². The number of carbonyl (C=O) groups excluding carboxylic acids is 2. The van der Waals surface area contributed by atoms with Crippen LogP contribution in [0.4, 0.5) is 0 Å². The summed E-state index contributed by atoms with van der Waals surface area (Å²) < 4.78 is 10.4. The molecule has 5 unspecified atom stereocenters. The zero-order valence-electron chi connectivity index (χ0n) is 14.3. The highest BCUT2D eigenvalue weighted by Crippen LogP contribution is 2.58. The zero-order valence-corrected chi connectivity index (χ0v) is 14.3. The normalized spacial score (nSPS) is 32.6. The van der Waals surface area contributed by atoms with Gasteiger partial charge in [0.2, 0.25) is 0 Å². The lowest BCUT2D eigenvalue weighted by Crippen LogP contribution is -2.28. The minimum Gasteiger partial charge on any atom is -0.465 e. The van der Waals surface area contributed by atoms with Gasteiger partial charge in [-0.25, -0.2) is 4.79 Å². The van der Waals surface area contributed by atoms with Crippen molar-refractivity contribution in [2.24, 2.45) is 29.6 Å². The number of carbonyl (C=O) groups is 2. The molecular weight excluding hydrogens is 304 g/mol. The largest absolute Gasteiger partial charge is 0.465 e. The second-order valence-electron chi connectivity index (χ2n) is 7.43. The van der Waals surface area contributed by atoms with E-state index in [0.29, 0.717) is 25.6 Å². The molecule has 4 heteroatoms. The van der Waals surface area contributed by atoms with Crippen LogP contribution in [0.3, 0.4) is 0 Å². The van der Waals surface area contributed by atoms with E-state index in [9.17, 15) is 9.59 Å². The number of ether oxygens (including phenoxy) is 2. The van der Waals surface area contributed by atoms with Crippen LogP contribution >= 0.6 is 0 Å². The Balaban J connectivity index is 1.25. The maximum absolute atomic E-state index is 11.9. The molecule has 0 aromatic heterocycles. The summed E-state index contributed by atoms with van der Waals surface area (Å²) in [5, 5.41) is 0. The van der Waals surface area contributed by atoms with E-state index < -0.39 is 0 Å². The SMILES string of the molecule is C=CC(=O)OCCCCCC(=O)OCC1CC2CC1C1CC=CC21. The zero-order chi connectivity index (χ0) is 16.9. The average molecular weight is 332 g/mol. The highest BCUT2D eigenvalue weighted by Gasteiger charge is 2.52. The molecule has 0 N–H and O–H groups in total. The lowest BCUT2D eigenvalue weighted by Gasteiger charge is -2.31. The van der Waals surface area contributed by atoms with Gasteiger partial charge in [-0.05, 0) is 68.1 Å². The van der Waals surface area contributed by atoms with Gasteiger partial charge in [0, 0.05) is 12.5 Å². The first kappa shape index (κ1) is 17.2. The molecule has 2 saturated carbocycles. The molecule has 132 valence electrons. The van der Waals surface area contributed by atoms with Crippen LogP contribution in [0.1, 0.15) is 44.9 Å². The lowest BCUT2D eigenvalue weighted by molar-refractivity contribution is -0.146. The number of hydrogen-bond donors (Lipinski definition) is 0. The first-order chi connectivity index (χ1) is 11.7. The third-order valence-corrected chi connectivity index (χ3v) is 6.04. The number of fused-ring (bicyclic) bond motifs is 5. The van der Waals surface area contributed by atoms with Gasteiger partial charge in [-0.1, -0.05) is 18.7 Å². The Morgan fingerprint density at radius 3 is 2.83 bits per heavy atom. The summed E-state index contributed by atoms with van der Waals surface area (Å²) in [6, 6.07) is 0. The summed E-state index contributed by atoms with van der Waals surface area (Å²) in [5.41, 5.74) is 0. The number of unbranched alkanes of at least 4 members (excludes halogenated alkanes) is 2. The molecule has 5 atom stereocenters. The van der Waals surface area contributed by atoms with Crippen LogP contribution in [0, 0.1) is 29.6 Å². The maximum atomic E-state index is 11.9. The lowest BCUT2D eigenvalue weighted by atomic mass is 9.76. The molecule has 0 spiro atoms. The maximum Gasteiger partial charge on any atom is 0.330 e. The van der Waals surface area contributed by atoms with Crippen LogP contribution in [0.25, 0.3) is 0 Å². The molecule has 2 fully saturated rings. The Bertz CT molecular complexity index is 510. The first-order valence-corrected chi connectivity index (χ1v) is 9.30. The molecule has 0 heterocycles. The summed E-state index contributed by atoms with van der Waals surface area (Å²) in [4.78, 5) is 22.8. The average Bonchev–Trinajstić information content (AvgIpc) is 3.28. The number of hydrogen-bond acceptors (Lipinski definition) is 4. The third kappa shape index (κ3) is 3.90. The molecule has 24 heavy (non-hydrogen) atoms. The van der Waals surface area contributed by atoms with Crippen molar-refractivity contribution < 1.29 is 19.1 Å². The Labute approximate surface area is 144 Å². The Kier molecular flexibility index (Phi) is 5.75. The molecule has 3 rings (SSSR count). The predicted octanol–water partition coefficient (Wildman–Crippen LogP) is 3.67. The summed E-state index contributed by atoms with van der Waals surface area (Å²) in [6.07, 6.45) is 12.6. The second-order valence-corrected chi connectivity index (χ2v) is 7.43. The smallest absolute Gasteiger partial charge is 0.330 e. The van der Waals surface area contributed by atoms with Crippen LogP contribution in [0.5, 0.6) is 0 Å². The van der Waals surface area contributed by atoms with E-state index in [-0.39, 0.29) is 11.9 Å². The van der Waals surface area contributed by atoms with Crippen LogP contribution in [0.2, 0.25) is 0 Å².